The molecule has 2 amide bonds. The van der Waals surface area contributed by atoms with Crippen LogP contribution in [0.2, 0.25) is 0 Å². The summed E-state index contributed by atoms with van der Waals surface area (Å²) in [6, 6.07) is 62.2. The first-order chi connectivity index (χ1) is 25.0. The van der Waals surface area contributed by atoms with Crippen molar-refractivity contribution in [3.63, 3.8) is 0 Å². The second-order valence-electron chi connectivity index (χ2n) is 12.4. The minimum Gasteiger partial charge on any atom is -0.369 e. The number of rotatable bonds is 15. The summed E-state index contributed by atoms with van der Waals surface area (Å²) in [4.78, 5) is 27.6. The molecule has 0 aromatic heterocycles. The molecular weight excluding hydrogens is 665 g/mol. The molecule has 0 aliphatic heterocycles. The Morgan fingerprint density at radius 2 is 0.706 bits per heavy atom. The van der Waals surface area contributed by atoms with Crippen LogP contribution in [0.5, 0.6) is 0 Å². The van der Waals surface area contributed by atoms with Crippen LogP contribution >= 0.6 is 23.5 Å². The summed E-state index contributed by atoms with van der Waals surface area (Å²) in [6.45, 7) is 0. The van der Waals surface area contributed by atoms with E-state index < -0.39 is 27.2 Å². The van der Waals surface area contributed by atoms with E-state index in [2.05, 4.69) is 78.1 Å². The van der Waals surface area contributed by atoms with E-state index in [4.69, 9.17) is 5.73 Å². The van der Waals surface area contributed by atoms with Crippen molar-refractivity contribution in [1.29, 1.82) is 0 Å². The molecule has 0 saturated heterocycles. The van der Waals surface area contributed by atoms with Crippen LogP contribution in [0.25, 0.3) is 0 Å². The van der Waals surface area contributed by atoms with Crippen LogP contribution in [0.4, 0.5) is 0 Å². The van der Waals surface area contributed by atoms with Gasteiger partial charge in [-0.25, -0.2) is 0 Å². The van der Waals surface area contributed by atoms with Gasteiger partial charge >= 0.3 is 0 Å². The molecule has 0 bridgehead atoms. The second kappa shape index (κ2) is 16.8. The van der Waals surface area contributed by atoms with Crippen molar-refractivity contribution < 1.29 is 9.59 Å². The maximum atomic E-state index is 14.0. The molecule has 0 fully saturated rings. The normalized spacial score (nSPS) is 12.8. The standard InChI is InChI=1S/C45H42N2O2S2/c1-47-43(49)41(33-51-45(37-26-14-5-15-27-37,38-28-16-6-17-29-38)39-30-18-7-19-31-39)40(42(46)48)32-50-44(34-20-8-2-9-21-34,35-22-10-3-11-23-35)36-24-12-4-13-25-36/h2-31,40-41H,32-33H2,1H3,(H2,46,48)(H,47,49)/t40?,41-/m0/s1. The van der Waals surface area contributed by atoms with Gasteiger partial charge in [-0.1, -0.05) is 182 Å². The molecule has 0 radical (unpaired) electrons. The lowest BCUT2D eigenvalue weighted by atomic mass is 9.84. The smallest absolute Gasteiger partial charge is 0.224 e. The van der Waals surface area contributed by atoms with Gasteiger partial charge in [0.1, 0.15) is 0 Å². The average Bonchev–Trinajstić information content (AvgIpc) is 3.20. The van der Waals surface area contributed by atoms with Crippen LogP contribution in [0.3, 0.4) is 0 Å². The summed E-state index contributed by atoms with van der Waals surface area (Å²) >= 11 is 3.32. The molecule has 6 heteroatoms. The van der Waals surface area contributed by atoms with Gasteiger partial charge in [0.2, 0.25) is 11.8 Å². The molecule has 0 saturated carbocycles. The molecule has 0 aliphatic rings. The molecule has 6 aromatic carbocycles. The molecule has 256 valence electrons. The van der Waals surface area contributed by atoms with Gasteiger partial charge in [-0.2, -0.15) is 0 Å². The summed E-state index contributed by atoms with van der Waals surface area (Å²) in [5.41, 5.74) is 12.8. The molecule has 51 heavy (non-hydrogen) atoms. The number of amides is 2. The van der Waals surface area contributed by atoms with E-state index in [-0.39, 0.29) is 5.91 Å². The van der Waals surface area contributed by atoms with Crippen molar-refractivity contribution in [2.75, 3.05) is 18.6 Å². The quantitative estimate of drug-likeness (QED) is 0.105. The lowest BCUT2D eigenvalue weighted by Gasteiger charge is -2.38. The predicted molar refractivity (Wildman–Crippen MR) is 214 cm³/mol. The molecule has 0 spiro atoms. The Kier molecular flexibility index (Phi) is 11.8. The number of hydrogen-bond donors (Lipinski definition) is 2. The summed E-state index contributed by atoms with van der Waals surface area (Å²) in [6.07, 6.45) is 0. The Labute approximate surface area is 309 Å². The van der Waals surface area contributed by atoms with Gasteiger partial charge in [-0.15, -0.1) is 23.5 Å². The Hall–Kier alpha value is -5.04. The zero-order chi connectivity index (χ0) is 35.5. The van der Waals surface area contributed by atoms with Gasteiger partial charge < -0.3 is 11.1 Å². The van der Waals surface area contributed by atoms with Crippen LogP contribution in [0, 0.1) is 11.8 Å². The lowest BCUT2D eigenvalue weighted by Crippen LogP contribution is -2.43. The molecule has 0 aliphatic carbocycles. The van der Waals surface area contributed by atoms with Crippen LogP contribution in [-0.2, 0) is 19.1 Å². The molecule has 3 N–H and O–H groups in total. The van der Waals surface area contributed by atoms with Crippen LogP contribution in [0.1, 0.15) is 33.4 Å². The first-order valence-electron chi connectivity index (χ1n) is 17.1. The SMILES string of the molecule is CNC(=O)[C@@H](CSC(c1ccccc1)(c1ccccc1)c1ccccc1)C(CSC(c1ccccc1)(c1ccccc1)c1ccccc1)C(N)=O. The van der Waals surface area contributed by atoms with E-state index in [1.54, 1.807) is 30.6 Å². The number of carbonyl (C=O) groups excluding carboxylic acids is 2. The fraction of sp³-hybridized carbons (Fsp3) is 0.156. The van der Waals surface area contributed by atoms with Crippen molar-refractivity contribution in [2.45, 2.75) is 9.49 Å². The predicted octanol–water partition coefficient (Wildman–Crippen LogP) is 8.90. The fourth-order valence-corrected chi connectivity index (χ4v) is 10.4. The van der Waals surface area contributed by atoms with Crippen molar-refractivity contribution in [3.8, 4) is 0 Å². The maximum absolute atomic E-state index is 14.0. The highest BCUT2D eigenvalue weighted by Crippen LogP contribution is 2.52. The molecule has 6 aromatic rings. The van der Waals surface area contributed by atoms with Crippen molar-refractivity contribution in [3.05, 3.63) is 215 Å². The van der Waals surface area contributed by atoms with Gasteiger partial charge in [0.05, 0.1) is 21.3 Å². The highest BCUT2D eigenvalue weighted by molar-refractivity contribution is 8.01. The van der Waals surface area contributed by atoms with Gasteiger partial charge in [-0.3, -0.25) is 9.59 Å². The molecule has 1 unspecified atom stereocenters. The number of nitrogens with one attached hydrogen (secondary N) is 1. The maximum Gasteiger partial charge on any atom is 0.224 e. The molecule has 2 atom stereocenters. The summed E-state index contributed by atoms with van der Waals surface area (Å²) < 4.78 is -1.33. The van der Waals surface area contributed by atoms with E-state index in [9.17, 15) is 9.59 Å². The van der Waals surface area contributed by atoms with Crippen LogP contribution in [-0.4, -0.2) is 30.4 Å². The van der Waals surface area contributed by atoms with E-state index in [0.29, 0.717) is 11.5 Å². The second-order valence-corrected chi connectivity index (χ2v) is 14.9. The van der Waals surface area contributed by atoms with Crippen molar-refractivity contribution >= 4 is 35.3 Å². The van der Waals surface area contributed by atoms with Gasteiger partial charge in [-0.05, 0) is 33.4 Å². The average molecular weight is 707 g/mol. The van der Waals surface area contributed by atoms with Crippen LogP contribution < -0.4 is 11.1 Å². The minimum absolute atomic E-state index is 0.209. The zero-order valence-electron chi connectivity index (χ0n) is 28.6. The van der Waals surface area contributed by atoms with Gasteiger partial charge in [0.25, 0.3) is 0 Å². The third-order valence-corrected chi connectivity index (χ3v) is 12.8. The number of primary amides is 1. The number of thioether (sulfide) groups is 2. The molecular formula is C45H42N2O2S2. The third kappa shape index (κ3) is 7.53. The summed E-state index contributed by atoms with van der Waals surface area (Å²) in [5, 5.41) is 2.88. The van der Waals surface area contributed by atoms with E-state index in [1.807, 2.05) is 109 Å². The molecule has 6 rings (SSSR count). The molecule has 4 nitrogen and oxygen atoms in total. The van der Waals surface area contributed by atoms with E-state index in [1.165, 1.54) is 0 Å². The van der Waals surface area contributed by atoms with E-state index >= 15 is 0 Å². The van der Waals surface area contributed by atoms with E-state index in [0.717, 1.165) is 33.4 Å². The first kappa shape index (κ1) is 35.8. The third-order valence-electron chi connectivity index (χ3n) is 9.48. The first-order valence-corrected chi connectivity index (χ1v) is 19.1. The lowest BCUT2D eigenvalue weighted by molar-refractivity contribution is -0.131. The van der Waals surface area contributed by atoms with Crippen molar-refractivity contribution in [1.82, 2.24) is 5.32 Å². The highest BCUT2D eigenvalue weighted by Gasteiger charge is 2.43. The topological polar surface area (TPSA) is 72.2 Å². The van der Waals surface area contributed by atoms with Crippen molar-refractivity contribution in [2.24, 2.45) is 17.6 Å². The number of carbonyl (C=O) groups is 2. The van der Waals surface area contributed by atoms with Crippen LogP contribution in [0.15, 0.2) is 182 Å². The number of hydrogen-bond acceptors (Lipinski definition) is 4. The number of nitrogens with two attached hydrogens (primary N) is 1. The molecule has 0 heterocycles. The Bertz CT molecular complexity index is 1780. The zero-order valence-corrected chi connectivity index (χ0v) is 30.2. The van der Waals surface area contributed by atoms with Gasteiger partial charge in [0.15, 0.2) is 0 Å². The minimum atomic E-state index is -0.766. The fourth-order valence-electron chi connectivity index (χ4n) is 6.92. The highest BCUT2D eigenvalue weighted by atomic mass is 32.2. The Morgan fingerprint density at radius 1 is 0.471 bits per heavy atom. The Morgan fingerprint density at radius 3 is 0.922 bits per heavy atom. The van der Waals surface area contributed by atoms with Gasteiger partial charge in [0, 0.05) is 18.6 Å². The number of benzene rings is 6. The summed E-state index contributed by atoms with van der Waals surface area (Å²) in [7, 11) is 1.63. The monoisotopic (exact) mass is 706 g/mol. The summed E-state index contributed by atoms with van der Waals surface area (Å²) in [5.74, 6) is -1.51. The largest absolute Gasteiger partial charge is 0.369 e. The Balaban J connectivity index is 1.44.